The van der Waals surface area contributed by atoms with E-state index < -0.39 is 5.97 Å². The molecule has 0 aliphatic heterocycles. The molecule has 0 amide bonds. The van der Waals surface area contributed by atoms with Gasteiger partial charge in [-0.05, 0) is 54.5 Å². The Labute approximate surface area is 133 Å². The Kier molecular flexibility index (Phi) is 3.89. The molecule has 1 aliphatic rings. The van der Waals surface area contributed by atoms with Crippen LogP contribution in [0.1, 0.15) is 24.2 Å². The minimum absolute atomic E-state index is 0.0534. The van der Waals surface area contributed by atoms with Crippen molar-refractivity contribution in [1.82, 2.24) is 0 Å². The summed E-state index contributed by atoms with van der Waals surface area (Å²) in [5.41, 5.74) is 2.23. The number of ketones is 1. The Morgan fingerprint density at radius 2 is 1.70 bits per heavy atom. The minimum Gasteiger partial charge on any atom is -0.312 e. The molecule has 23 heavy (non-hydrogen) atoms. The van der Waals surface area contributed by atoms with Crippen LogP contribution in [-0.2, 0) is 9.63 Å². The highest BCUT2D eigenvalue weighted by Gasteiger charge is 2.15. The SMILES string of the molecule is CC1=C(C)/C(=N\OC(=O)c2ccc3ccccc3c2)C=CC1=O. The summed E-state index contributed by atoms with van der Waals surface area (Å²) in [6.07, 6.45) is 2.98. The number of rotatable bonds is 2. The van der Waals surface area contributed by atoms with Gasteiger partial charge in [0.15, 0.2) is 5.78 Å². The molecule has 4 heteroatoms. The number of hydrogen-bond donors (Lipinski definition) is 0. The highest BCUT2D eigenvalue weighted by atomic mass is 16.7. The fourth-order valence-corrected chi connectivity index (χ4v) is 2.34. The molecule has 2 aromatic carbocycles. The van der Waals surface area contributed by atoms with Gasteiger partial charge in [-0.25, -0.2) is 4.79 Å². The molecule has 0 atom stereocenters. The van der Waals surface area contributed by atoms with Gasteiger partial charge in [0.1, 0.15) is 5.71 Å². The van der Waals surface area contributed by atoms with Crippen LogP contribution in [0.3, 0.4) is 0 Å². The van der Waals surface area contributed by atoms with E-state index in [-0.39, 0.29) is 5.78 Å². The fourth-order valence-electron chi connectivity index (χ4n) is 2.34. The second-order valence-corrected chi connectivity index (χ2v) is 5.36. The van der Waals surface area contributed by atoms with Crippen LogP contribution >= 0.6 is 0 Å². The van der Waals surface area contributed by atoms with Crippen molar-refractivity contribution in [2.75, 3.05) is 0 Å². The van der Waals surface area contributed by atoms with Crippen LogP contribution in [-0.4, -0.2) is 17.5 Å². The largest absolute Gasteiger partial charge is 0.365 e. The first kappa shape index (κ1) is 14.9. The third kappa shape index (κ3) is 2.97. The van der Waals surface area contributed by atoms with Crippen LogP contribution in [0.25, 0.3) is 10.8 Å². The number of carbonyl (C=O) groups is 2. The lowest BCUT2D eigenvalue weighted by Gasteiger charge is -2.09. The van der Waals surface area contributed by atoms with Gasteiger partial charge in [0.2, 0.25) is 0 Å². The van der Waals surface area contributed by atoms with Gasteiger partial charge in [-0.2, -0.15) is 0 Å². The maximum atomic E-state index is 12.1. The van der Waals surface area contributed by atoms with Crippen molar-refractivity contribution in [3.8, 4) is 0 Å². The molecule has 4 nitrogen and oxygen atoms in total. The van der Waals surface area contributed by atoms with Crippen molar-refractivity contribution in [1.29, 1.82) is 0 Å². The third-order valence-corrected chi connectivity index (χ3v) is 3.92. The molecule has 0 spiro atoms. The van der Waals surface area contributed by atoms with Gasteiger partial charge in [0.25, 0.3) is 0 Å². The molecule has 0 bridgehead atoms. The summed E-state index contributed by atoms with van der Waals surface area (Å²) >= 11 is 0. The normalized spacial score (nSPS) is 16.3. The van der Waals surface area contributed by atoms with E-state index in [0.29, 0.717) is 22.4 Å². The number of benzene rings is 2. The van der Waals surface area contributed by atoms with E-state index in [1.807, 2.05) is 30.3 Å². The summed E-state index contributed by atoms with van der Waals surface area (Å²) in [6, 6.07) is 13.1. The number of oxime groups is 1. The summed E-state index contributed by atoms with van der Waals surface area (Å²) in [6.45, 7) is 3.50. The predicted octanol–water partition coefficient (Wildman–Crippen LogP) is 3.83. The van der Waals surface area contributed by atoms with E-state index in [2.05, 4.69) is 5.16 Å². The summed E-state index contributed by atoms with van der Waals surface area (Å²) in [7, 11) is 0. The number of nitrogens with zero attached hydrogens (tertiary/aromatic N) is 1. The lowest BCUT2D eigenvalue weighted by Crippen LogP contribution is -2.12. The molecular weight excluding hydrogens is 290 g/mol. The molecule has 3 rings (SSSR count). The van der Waals surface area contributed by atoms with Gasteiger partial charge in [-0.1, -0.05) is 35.5 Å². The monoisotopic (exact) mass is 305 g/mol. The van der Waals surface area contributed by atoms with Gasteiger partial charge in [0.05, 0.1) is 5.56 Å². The van der Waals surface area contributed by atoms with Crippen LogP contribution in [0.2, 0.25) is 0 Å². The average Bonchev–Trinajstić information content (AvgIpc) is 2.58. The maximum absolute atomic E-state index is 12.1. The van der Waals surface area contributed by atoms with E-state index in [0.717, 1.165) is 10.8 Å². The van der Waals surface area contributed by atoms with E-state index in [4.69, 9.17) is 4.84 Å². The van der Waals surface area contributed by atoms with Crippen LogP contribution in [0.4, 0.5) is 0 Å². The molecule has 0 unspecified atom stereocenters. The molecule has 114 valence electrons. The van der Waals surface area contributed by atoms with E-state index in [1.54, 1.807) is 32.1 Å². The molecule has 0 radical (unpaired) electrons. The van der Waals surface area contributed by atoms with Crippen LogP contribution in [0.15, 0.2) is 70.9 Å². The van der Waals surface area contributed by atoms with E-state index >= 15 is 0 Å². The Morgan fingerprint density at radius 1 is 0.957 bits per heavy atom. The van der Waals surface area contributed by atoms with Gasteiger partial charge >= 0.3 is 5.97 Å². The van der Waals surface area contributed by atoms with Gasteiger partial charge in [0, 0.05) is 5.57 Å². The zero-order chi connectivity index (χ0) is 16.4. The summed E-state index contributed by atoms with van der Waals surface area (Å²) in [5, 5.41) is 5.89. The smallest absolute Gasteiger partial charge is 0.312 e. The molecule has 0 heterocycles. The van der Waals surface area contributed by atoms with Crippen LogP contribution < -0.4 is 0 Å². The zero-order valence-electron chi connectivity index (χ0n) is 12.9. The van der Waals surface area contributed by atoms with Gasteiger partial charge in [-0.3, -0.25) is 4.79 Å². The van der Waals surface area contributed by atoms with Crippen molar-refractivity contribution in [3.63, 3.8) is 0 Å². The van der Waals surface area contributed by atoms with Crippen molar-refractivity contribution in [2.45, 2.75) is 13.8 Å². The number of carbonyl (C=O) groups excluding carboxylic acids is 2. The Morgan fingerprint density at radius 3 is 2.48 bits per heavy atom. The first-order valence-electron chi connectivity index (χ1n) is 7.24. The Hall–Kier alpha value is -3.01. The van der Waals surface area contributed by atoms with Crippen molar-refractivity contribution in [2.24, 2.45) is 5.16 Å². The highest BCUT2D eigenvalue weighted by Crippen LogP contribution is 2.17. The molecule has 0 aromatic heterocycles. The lowest BCUT2D eigenvalue weighted by atomic mass is 9.97. The average molecular weight is 305 g/mol. The standard InChI is InChI=1S/C19H15NO3/c1-12-13(2)18(21)10-9-17(12)20-23-19(22)16-8-7-14-5-3-4-6-15(14)11-16/h3-11H,1-2H3/b20-17-. The molecule has 1 aliphatic carbocycles. The molecule has 2 aromatic rings. The predicted molar refractivity (Wildman–Crippen MR) is 89.3 cm³/mol. The topological polar surface area (TPSA) is 55.7 Å². The molecular formula is C19H15NO3. The summed E-state index contributed by atoms with van der Waals surface area (Å²) in [4.78, 5) is 28.7. The van der Waals surface area contributed by atoms with Crippen molar-refractivity contribution in [3.05, 3.63) is 71.3 Å². The third-order valence-electron chi connectivity index (χ3n) is 3.92. The summed E-state index contributed by atoms with van der Waals surface area (Å²) in [5.74, 6) is -0.582. The molecule has 0 saturated carbocycles. The first-order chi connectivity index (χ1) is 11.1. The van der Waals surface area contributed by atoms with Gasteiger partial charge in [-0.15, -0.1) is 0 Å². The fraction of sp³-hybridized carbons (Fsp3) is 0.105. The molecule has 0 N–H and O–H groups in total. The van der Waals surface area contributed by atoms with E-state index in [9.17, 15) is 9.59 Å². The zero-order valence-corrected chi connectivity index (χ0v) is 12.9. The quantitative estimate of drug-likeness (QED) is 0.481. The Balaban J connectivity index is 1.82. The second kappa shape index (κ2) is 6.01. The van der Waals surface area contributed by atoms with Crippen molar-refractivity contribution >= 4 is 28.2 Å². The second-order valence-electron chi connectivity index (χ2n) is 5.36. The Bertz CT molecular complexity index is 904. The van der Waals surface area contributed by atoms with Crippen molar-refractivity contribution < 1.29 is 14.4 Å². The maximum Gasteiger partial charge on any atom is 0.365 e. The first-order valence-corrected chi connectivity index (χ1v) is 7.24. The number of hydrogen-bond acceptors (Lipinski definition) is 4. The number of fused-ring (bicyclic) bond motifs is 1. The van der Waals surface area contributed by atoms with Crippen LogP contribution in [0, 0.1) is 0 Å². The highest BCUT2D eigenvalue weighted by molar-refractivity contribution is 6.21. The minimum atomic E-state index is -0.529. The van der Waals surface area contributed by atoms with E-state index in [1.165, 1.54) is 6.08 Å². The number of allylic oxidation sites excluding steroid dienone is 4. The summed E-state index contributed by atoms with van der Waals surface area (Å²) < 4.78 is 0. The van der Waals surface area contributed by atoms with Gasteiger partial charge < -0.3 is 4.84 Å². The molecule has 0 fully saturated rings. The lowest BCUT2D eigenvalue weighted by molar-refractivity contribution is -0.111. The van der Waals surface area contributed by atoms with Crippen LogP contribution in [0.5, 0.6) is 0 Å². The molecule has 0 saturated heterocycles.